The van der Waals surface area contributed by atoms with Crippen molar-refractivity contribution in [1.82, 2.24) is 9.78 Å². The predicted molar refractivity (Wildman–Crippen MR) is 101 cm³/mol. The number of rotatable bonds is 5. The molecule has 0 saturated heterocycles. The van der Waals surface area contributed by atoms with E-state index in [4.69, 9.17) is 0 Å². The minimum atomic E-state index is -0.0648. The van der Waals surface area contributed by atoms with Crippen molar-refractivity contribution in [3.05, 3.63) is 71.5 Å². The molecule has 1 amide bonds. The Hall–Kier alpha value is -3.08. The molecule has 0 aliphatic rings. The quantitative estimate of drug-likeness (QED) is 0.740. The van der Waals surface area contributed by atoms with E-state index in [2.05, 4.69) is 47.8 Å². The zero-order chi connectivity index (χ0) is 17.8. The third kappa shape index (κ3) is 4.07. The van der Waals surface area contributed by atoms with Crippen LogP contribution in [0.3, 0.4) is 0 Å². The summed E-state index contributed by atoms with van der Waals surface area (Å²) in [6.45, 7) is 6.33. The van der Waals surface area contributed by atoms with Crippen LogP contribution in [0.4, 0.5) is 11.4 Å². The molecule has 5 nitrogen and oxygen atoms in total. The molecule has 128 valence electrons. The van der Waals surface area contributed by atoms with Gasteiger partial charge in [-0.3, -0.25) is 4.79 Å². The molecule has 2 N–H and O–H groups in total. The summed E-state index contributed by atoms with van der Waals surface area (Å²) < 4.78 is 1.94. The number of hydrogen-bond donors (Lipinski definition) is 2. The summed E-state index contributed by atoms with van der Waals surface area (Å²) in [5.74, 6) is -0.0648. The van der Waals surface area contributed by atoms with Gasteiger partial charge < -0.3 is 10.6 Å². The van der Waals surface area contributed by atoms with Crippen LogP contribution in [0.2, 0.25) is 0 Å². The SMILES string of the molecule is CC(=O)Nc1ccc(CNc2cnn(-c3cccc(C)c3)c2C)cc1. The Morgan fingerprint density at radius 2 is 1.88 bits per heavy atom. The van der Waals surface area contributed by atoms with Crippen molar-refractivity contribution in [2.24, 2.45) is 0 Å². The molecule has 1 aromatic heterocycles. The molecule has 0 aliphatic carbocycles. The standard InChI is InChI=1S/C20H22N4O/c1-14-5-4-6-19(11-14)24-15(2)20(13-22-24)21-12-17-7-9-18(10-8-17)23-16(3)25/h4-11,13,21H,12H2,1-3H3,(H,23,25). The van der Waals surface area contributed by atoms with E-state index in [9.17, 15) is 4.79 Å². The van der Waals surface area contributed by atoms with Crippen molar-refractivity contribution in [3.63, 3.8) is 0 Å². The number of anilines is 2. The first-order chi connectivity index (χ1) is 12.0. The van der Waals surface area contributed by atoms with Crippen molar-refractivity contribution < 1.29 is 4.79 Å². The summed E-state index contributed by atoms with van der Waals surface area (Å²) in [7, 11) is 0. The summed E-state index contributed by atoms with van der Waals surface area (Å²) in [5, 5.41) is 10.7. The van der Waals surface area contributed by atoms with Gasteiger partial charge in [0.05, 0.1) is 23.3 Å². The van der Waals surface area contributed by atoms with Crippen molar-refractivity contribution in [1.29, 1.82) is 0 Å². The monoisotopic (exact) mass is 334 g/mol. The van der Waals surface area contributed by atoms with Gasteiger partial charge >= 0.3 is 0 Å². The third-order valence-corrected chi connectivity index (χ3v) is 4.01. The van der Waals surface area contributed by atoms with E-state index in [-0.39, 0.29) is 5.91 Å². The van der Waals surface area contributed by atoms with Crippen LogP contribution in [0.15, 0.2) is 54.7 Å². The van der Waals surface area contributed by atoms with Crippen molar-refractivity contribution in [2.75, 3.05) is 10.6 Å². The van der Waals surface area contributed by atoms with E-state index in [0.717, 1.165) is 28.3 Å². The summed E-state index contributed by atoms with van der Waals surface area (Å²) in [5.41, 5.74) is 6.29. The second-order valence-electron chi connectivity index (χ2n) is 6.13. The van der Waals surface area contributed by atoms with Crippen LogP contribution in [0.25, 0.3) is 5.69 Å². The topological polar surface area (TPSA) is 59.0 Å². The van der Waals surface area contributed by atoms with Gasteiger partial charge in [0.1, 0.15) is 0 Å². The van der Waals surface area contributed by atoms with Gasteiger partial charge in [-0.15, -0.1) is 0 Å². The molecule has 25 heavy (non-hydrogen) atoms. The molecule has 0 saturated carbocycles. The summed E-state index contributed by atoms with van der Waals surface area (Å²) in [6.07, 6.45) is 1.85. The number of nitrogens with one attached hydrogen (secondary N) is 2. The second kappa shape index (κ2) is 7.21. The minimum Gasteiger partial charge on any atom is -0.378 e. The Balaban J connectivity index is 1.69. The molecular formula is C20H22N4O. The smallest absolute Gasteiger partial charge is 0.221 e. The molecular weight excluding hydrogens is 312 g/mol. The Kier molecular flexibility index (Phi) is 4.84. The van der Waals surface area contributed by atoms with Crippen LogP contribution in [-0.4, -0.2) is 15.7 Å². The molecule has 0 spiro atoms. The lowest BCUT2D eigenvalue weighted by molar-refractivity contribution is -0.114. The molecule has 1 heterocycles. The zero-order valence-corrected chi connectivity index (χ0v) is 14.7. The number of aryl methyl sites for hydroxylation is 1. The Morgan fingerprint density at radius 3 is 2.56 bits per heavy atom. The molecule has 3 aromatic rings. The van der Waals surface area contributed by atoms with Gasteiger partial charge in [0.25, 0.3) is 0 Å². The van der Waals surface area contributed by atoms with E-state index in [1.54, 1.807) is 0 Å². The molecule has 2 aromatic carbocycles. The minimum absolute atomic E-state index is 0.0648. The van der Waals surface area contributed by atoms with E-state index in [1.165, 1.54) is 12.5 Å². The number of amides is 1. The number of nitrogens with zero attached hydrogens (tertiary/aromatic N) is 2. The van der Waals surface area contributed by atoms with Crippen LogP contribution in [0.1, 0.15) is 23.7 Å². The van der Waals surface area contributed by atoms with Gasteiger partial charge in [0.2, 0.25) is 5.91 Å². The fourth-order valence-electron chi connectivity index (χ4n) is 2.71. The summed E-state index contributed by atoms with van der Waals surface area (Å²) in [4.78, 5) is 11.1. The largest absolute Gasteiger partial charge is 0.378 e. The Bertz CT molecular complexity index is 881. The highest BCUT2D eigenvalue weighted by Gasteiger charge is 2.08. The van der Waals surface area contributed by atoms with Gasteiger partial charge in [-0.2, -0.15) is 5.10 Å². The zero-order valence-electron chi connectivity index (χ0n) is 14.7. The highest BCUT2D eigenvalue weighted by Crippen LogP contribution is 2.20. The van der Waals surface area contributed by atoms with Crippen molar-refractivity contribution in [3.8, 4) is 5.69 Å². The van der Waals surface area contributed by atoms with Gasteiger partial charge in [-0.25, -0.2) is 4.68 Å². The van der Waals surface area contributed by atoms with Crippen LogP contribution >= 0.6 is 0 Å². The maximum absolute atomic E-state index is 11.1. The molecule has 3 rings (SSSR count). The Morgan fingerprint density at radius 1 is 1.12 bits per heavy atom. The molecule has 0 radical (unpaired) electrons. The number of aromatic nitrogens is 2. The Labute approximate surface area is 147 Å². The highest BCUT2D eigenvalue weighted by atomic mass is 16.1. The second-order valence-corrected chi connectivity index (χ2v) is 6.13. The molecule has 0 fully saturated rings. The maximum atomic E-state index is 11.1. The van der Waals surface area contributed by atoms with Crippen LogP contribution in [0.5, 0.6) is 0 Å². The molecule has 0 bridgehead atoms. The van der Waals surface area contributed by atoms with Crippen LogP contribution < -0.4 is 10.6 Å². The highest BCUT2D eigenvalue weighted by molar-refractivity contribution is 5.88. The lowest BCUT2D eigenvalue weighted by Crippen LogP contribution is -2.06. The van der Waals surface area contributed by atoms with Crippen LogP contribution in [-0.2, 0) is 11.3 Å². The van der Waals surface area contributed by atoms with Crippen molar-refractivity contribution >= 4 is 17.3 Å². The van der Waals surface area contributed by atoms with Gasteiger partial charge in [-0.05, 0) is 49.2 Å². The lowest BCUT2D eigenvalue weighted by Gasteiger charge is -2.09. The maximum Gasteiger partial charge on any atom is 0.221 e. The summed E-state index contributed by atoms with van der Waals surface area (Å²) in [6, 6.07) is 16.1. The van der Waals surface area contributed by atoms with E-state index >= 15 is 0 Å². The third-order valence-electron chi connectivity index (χ3n) is 4.01. The average molecular weight is 334 g/mol. The van der Waals surface area contributed by atoms with Gasteiger partial charge in [0, 0.05) is 19.2 Å². The average Bonchev–Trinajstić information content (AvgIpc) is 2.94. The number of hydrogen-bond acceptors (Lipinski definition) is 3. The first-order valence-electron chi connectivity index (χ1n) is 8.25. The predicted octanol–water partition coefficient (Wildman–Crippen LogP) is 4.06. The molecule has 0 aliphatic heterocycles. The molecule has 0 atom stereocenters. The lowest BCUT2D eigenvalue weighted by atomic mass is 10.2. The van der Waals surface area contributed by atoms with E-state index in [1.807, 2.05) is 41.2 Å². The van der Waals surface area contributed by atoms with E-state index in [0.29, 0.717) is 6.54 Å². The van der Waals surface area contributed by atoms with Crippen LogP contribution in [0, 0.1) is 13.8 Å². The van der Waals surface area contributed by atoms with Gasteiger partial charge in [-0.1, -0.05) is 24.3 Å². The van der Waals surface area contributed by atoms with Crippen molar-refractivity contribution in [2.45, 2.75) is 27.3 Å². The number of carbonyl (C=O) groups is 1. The van der Waals surface area contributed by atoms with Gasteiger partial charge in [0.15, 0.2) is 0 Å². The molecule has 5 heteroatoms. The first-order valence-corrected chi connectivity index (χ1v) is 8.25. The first kappa shape index (κ1) is 16.8. The van der Waals surface area contributed by atoms with E-state index < -0.39 is 0 Å². The fraction of sp³-hybridized carbons (Fsp3) is 0.200. The normalized spacial score (nSPS) is 10.5. The number of benzene rings is 2. The molecule has 0 unspecified atom stereocenters. The fourth-order valence-corrected chi connectivity index (χ4v) is 2.71. The number of carbonyl (C=O) groups excluding carboxylic acids is 1. The summed E-state index contributed by atoms with van der Waals surface area (Å²) >= 11 is 0.